The summed E-state index contributed by atoms with van der Waals surface area (Å²) in [5.74, 6) is 0.592. The lowest BCUT2D eigenvalue weighted by molar-refractivity contribution is 0.306. The van der Waals surface area contributed by atoms with Gasteiger partial charge < -0.3 is 9.64 Å². The Morgan fingerprint density at radius 2 is 2.24 bits per heavy atom. The SMILES string of the molecule is CCOc1nc2c(c(N3CCCC4(CNS(=O)(=O)N4)C3)n1)C=N/C(C)=C/C(F)C2. The Kier molecular flexibility index (Phi) is 5.30. The molecular formula is C18H25FN6O3S. The van der Waals surface area contributed by atoms with E-state index >= 15 is 0 Å². The maximum atomic E-state index is 14.4. The molecule has 0 saturated carbocycles. The molecular weight excluding hydrogens is 399 g/mol. The van der Waals surface area contributed by atoms with Crippen LogP contribution in [0, 0.1) is 0 Å². The van der Waals surface area contributed by atoms with Gasteiger partial charge in [0.05, 0.1) is 23.4 Å². The third-order valence-electron chi connectivity index (χ3n) is 5.29. The van der Waals surface area contributed by atoms with Crippen LogP contribution in [0.4, 0.5) is 10.2 Å². The van der Waals surface area contributed by atoms with E-state index < -0.39 is 21.9 Å². The van der Waals surface area contributed by atoms with Gasteiger partial charge in [-0.25, -0.2) is 9.11 Å². The molecule has 29 heavy (non-hydrogen) atoms. The number of alkyl halides is 1. The zero-order valence-corrected chi connectivity index (χ0v) is 17.3. The maximum absolute atomic E-state index is 14.4. The number of piperidine rings is 1. The summed E-state index contributed by atoms with van der Waals surface area (Å²) in [6, 6.07) is 0.188. The van der Waals surface area contributed by atoms with Crippen molar-refractivity contribution in [1.29, 1.82) is 0 Å². The summed E-state index contributed by atoms with van der Waals surface area (Å²) >= 11 is 0. The highest BCUT2D eigenvalue weighted by molar-refractivity contribution is 7.87. The Labute approximate surface area is 169 Å². The van der Waals surface area contributed by atoms with E-state index in [2.05, 4.69) is 24.4 Å². The average molecular weight is 425 g/mol. The summed E-state index contributed by atoms with van der Waals surface area (Å²) in [5.41, 5.74) is 1.17. The Balaban J connectivity index is 1.75. The molecule has 4 rings (SSSR count). The van der Waals surface area contributed by atoms with Crippen LogP contribution in [0.2, 0.25) is 0 Å². The van der Waals surface area contributed by atoms with Gasteiger partial charge in [-0.3, -0.25) is 4.99 Å². The van der Waals surface area contributed by atoms with Crippen molar-refractivity contribution >= 4 is 22.2 Å². The van der Waals surface area contributed by atoms with Crippen LogP contribution in [0.1, 0.15) is 37.9 Å². The zero-order chi connectivity index (χ0) is 20.6. The van der Waals surface area contributed by atoms with Crippen molar-refractivity contribution in [3.8, 4) is 6.01 Å². The molecule has 1 aromatic rings. The van der Waals surface area contributed by atoms with Crippen molar-refractivity contribution in [2.45, 2.75) is 44.8 Å². The topological polar surface area (TPSA) is 109 Å². The van der Waals surface area contributed by atoms with Crippen molar-refractivity contribution in [3.05, 3.63) is 23.0 Å². The molecule has 0 bridgehead atoms. The lowest BCUT2D eigenvalue weighted by atomic mass is 9.90. The third-order valence-corrected chi connectivity index (χ3v) is 6.52. The zero-order valence-electron chi connectivity index (χ0n) is 16.5. The number of nitrogens with zero attached hydrogens (tertiary/aromatic N) is 4. The molecule has 0 amide bonds. The largest absolute Gasteiger partial charge is 0.464 e. The fourth-order valence-corrected chi connectivity index (χ4v) is 5.40. The first-order valence-electron chi connectivity index (χ1n) is 9.73. The first-order valence-corrected chi connectivity index (χ1v) is 11.2. The summed E-state index contributed by atoms with van der Waals surface area (Å²) < 4.78 is 49.1. The molecule has 1 spiro atoms. The number of nitrogens with one attached hydrogen (secondary N) is 2. The second-order valence-electron chi connectivity index (χ2n) is 7.64. The van der Waals surface area contributed by atoms with Crippen molar-refractivity contribution in [2.24, 2.45) is 4.99 Å². The molecule has 2 fully saturated rings. The molecule has 0 aromatic carbocycles. The lowest BCUT2D eigenvalue weighted by Gasteiger charge is -2.40. The summed E-state index contributed by atoms with van der Waals surface area (Å²) in [6.45, 7) is 5.42. The molecule has 2 unspecified atom stereocenters. The smallest absolute Gasteiger partial charge is 0.318 e. The number of anilines is 1. The number of hydrogen-bond acceptors (Lipinski definition) is 7. The summed E-state index contributed by atoms with van der Waals surface area (Å²) in [5, 5.41) is 0. The fraction of sp³-hybridized carbons (Fsp3) is 0.611. The van der Waals surface area contributed by atoms with E-state index in [4.69, 9.17) is 4.74 Å². The van der Waals surface area contributed by atoms with Gasteiger partial charge in [0.15, 0.2) is 0 Å². The molecule has 4 heterocycles. The van der Waals surface area contributed by atoms with Gasteiger partial charge in [-0.15, -0.1) is 0 Å². The number of rotatable bonds is 3. The highest BCUT2D eigenvalue weighted by Crippen LogP contribution is 2.32. The highest BCUT2D eigenvalue weighted by Gasteiger charge is 2.45. The average Bonchev–Trinajstić information content (AvgIpc) is 2.93. The normalized spacial score (nSPS) is 30.4. The van der Waals surface area contributed by atoms with Gasteiger partial charge in [0.1, 0.15) is 12.0 Å². The van der Waals surface area contributed by atoms with Gasteiger partial charge in [0.2, 0.25) is 0 Å². The molecule has 2 atom stereocenters. The predicted molar refractivity (Wildman–Crippen MR) is 107 cm³/mol. The minimum atomic E-state index is -3.49. The Morgan fingerprint density at radius 1 is 1.41 bits per heavy atom. The van der Waals surface area contributed by atoms with Crippen LogP contribution < -0.4 is 19.1 Å². The van der Waals surface area contributed by atoms with Gasteiger partial charge >= 0.3 is 6.01 Å². The monoisotopic (exact) mass is 424 g/mol. The molecule has 1 aromatic heterocycles. The van der Waals surface area contributed by atoms with Crippen LogP contribution in [0.15, 0.2) is 16.8 Å². The van der Waals surface area contributed by atoms with Gasteiger partial charge in [-0.1, -0.05) is 0 Å². The van der Waals surface area contributed by atoms with E-state index in [1.54, 1.807) is 13.1 Å². The number of ether oxygens (including phenoxy) is 1. The van der Waals surface area contributed by atoms with Crippen molar-refractivity contribution in [2.75, 3.05) is 31.1 Å². The van der Waals surface area contributed by atoms with E-state index in [-0.39, 0.29) is 12.4 Å². The van der Waals surface area contributed by atoms with Crippen LogP contribution in [0.5, 0.6) is 6.01 Å². The molecule has 0 radical (unpaired) electrons. The van der Waals surface area contributed by atoms with Gasteiger partial charge in [-0.05, 0) is 32.8 Å². The van der Waals surface area contributed by atoms with E-state index in [1.165, 1.54) is 6.08 Å². The number of fused-ring (bicyclic) bond motifs is 1. The molecule has 3 aliphatic rings. The van der Waals surface area contributed by atoms with Crippen LogP contribution >= 0.6 is 0 Å². The van der Waals surface area contributed by atoms with Crippen molar-refractivity contribution in [1.82, 2.24) is 19.4 Å². The summed E-state index contributed by atoms with van der Waals surface area (Å²) in [4.78, 5) is 15.3. The standard InChI is InChI=1S/C18H25FN6O3S/c1-3-28-17-22-15-8-13(19)7-12(2)20-9-14(15)16(23-17)25-6-4-5-18(11-25)10-21-29(26,27)24-18/h7,9,13,21,24H,3-6,8,10-11H2,1-2H3/b12-7+,20-9?. The molecule has 158 valence electrons. The first kappa shape index (κ1) is 20.2. The second-order valence-corrected chi connectivity index (χ2v) is 9.14. The molecule has 2 saturated heterocycles. The molecule has 2 N–H and O–H groups in total. The number of aromatic nitrogens is 2. The first-order chi connectivity index (χ1) is 13.8. The van der Waals surface area contributed by atoms with E-state index in [0.29, 0.717) is 49.0 Å². The molecule has 11 heteroatoms. The minimum Gasteiger partial charge on any atom is -0.464 e. The van der Waals surface area contributed by atoms with Crippen LogP contribution in [0.3, 0.4) is 0 Å². The molecule has 9 nitrogen and oxygen atoms in total. The van der Waals surface area contributed by atoms with Crippen LogP contribution in [-0.4, -0.2) is 62.6 Å². The van der Waals surface area contributed by atoms with E-state index in [1.807, 2.05) is 11.8 Å². The summed E-state index contributed by atoms with van der Waals surface area (Å²) in [7, 11) is -3.49. The van der Waals surface area contributed by atoms with Gasteiger partial charge in [0, 0.05) is 38.0 Å². The Bertz CT molecular complexity index is 967. The minimum absolute atomic E-state index is 0.0987. The fourth-order valence-electron chi connectivity index (χ4n) is 4.05. The predicted octanol–water partition coefficient (Wildman–Crippen LogP) is 0.869. The number of allylic oxidation sites excluding steroid dienone is 2. The van der Waals surface area contributed by atoms with Gasteiger partial charge in [-0.2, -0.15) is 23.1 Å². The number of hydrogen-bond donors (Lipinski definition) is 2. The van der Waals surface area contributed by atoms with Crippen molar-refractivity contribution < 1.29 is 17.5 Å². The van der Waals surface area contributed by atoms with E-state index in [0.717, 1.165) is 12.8 Å². The molecule has 3 aliphatic heterocycles. The van der Waals surface area contributed by atoms with Gasteiger partial charge in [0.25, 0.3) is 10.2 Å². The van der Waals surface area contributed by atoms with Crippen LogP contribution in [-0.2, 0) is 16.6 Å². The number of halogens is 1. The Morgan fingerprint density at radius 3 is 2.97 bits per heavy atom. The molecule has 0 aliphatic carbocycles. The quantitative estimate of drug-likeness (QED) is 0.745. The maximum Gasteiger partial charge on any atom is 0.318 e. The lowest BCUT2D eigenvalue weighted by Crippen LogP contribution is -2.56. The summed E-state index contributed by atoms with van der Waals surface area (Å²) in [6.07, 6.45) is 3.54. The number of aliphatic imine (C=N–C) groups is 1. The van der Waals surface area contributed by atoms with Crippen molar-refractivity contribution in [3.63, 3.8) is 0 Å². The third kappa shape index (κ3) is 4.26. The van der Waals surface area contributed by atoms with Crippen LogP contribution in [0.25, 0.3) is 0 Å². The Hall–Kier alpha value is -2.11. The highest BCUT2D eigenvalue weighted by atomic mass is 32.2. The second kappa shape index (κ2) is 7.62. The van der Waals surface area contributed by atoms with E-state index in [9.17, 15) is 12.8 Å².